The van der Waals surface area contributed by atoms with Crippen molar-refractivity contribution in [2.24, 2.45) is 0 Å². The molecule has 2 aromatic rings. The summed E-state index contributed by atoms with van der Waals surface area (Å²) < 4.78 is 26.7. The summed E-state index contributed by atoms with van der Waals surface area (Å²) in [6.45, 7) is 0.286. The van der Waals surface area contributed by atoms with Crippen LogP contribution in [-0.2, 0) is 16.4 Å². The molecule has 3 N–H and O–H groups in total. The largest absolute Gasteiger partial charge is 0.398 e. The number of aromatic nitrogens is 1. The van der Waals surface area contributed by atoms with Crippen molar-refractivity contribution < 1.29 is 8.42 Å². The second-order valence-corrected chi connectivity index (χ2v) is 6.36. The molecule has 2 rings (SSSR count). The second-order valence-electron chi connectivity index (χ2n) is 4.19. The van der Waals surface area contributed by atoms with Crippen molar-refractivity contribution >= 4 is 27.3 Å². The monoisotopic (exact) mass is 311 g/mol. The summed E-state index contributed by atoms with van der Waals surface area (Å²) in [5.41, 5.74) is 6.82. The van der Waals surface area contributed by atoms with Crippen LogP contribution in [0.5, 0.6) is 0 Å². The zero-order valence-electron chi connectivity index (χ0n) is 10.6. The predicted octanol–water partition coefficient (Wildman–Crippen LogP) is 1.84. The number of nitrogens with two attached hydrogens (primary N) is 1. The third kappa shape index (κ3) is 3.69. The van der Waals surface area contributed by atoms with E-state index in [0.29, 0.717) is 11.4 Å². The minimum absolute atomic E-state index is 0.0385. The van der Waals surface area contributed by atoms with Crippen molar-refractivity contribution in [2.45, 2.75) is 11.3 Å². The highest BCUT2D eigenvalue weighted by atomic mass is 35.5. The number of nitrogens with one attached hydrogen (secondary N) is 1. The summed E-state index contributed by atoms with van der Waals surface area (Å²) in [7, 11) is -3.63. The van der Waals surface area contributed by atoms with Crippen molar-refractivity contribution in [1.29, 1.82) is 0 Å². The van der Waals surface area contributed by atoms with Crippen molar-refractivity contribution in [3.8, 4) is 0 Å². The second kappa shape index (κ2) is 6.21. The molecule has 0 radical (unpaired) electrons. The standard InChI is InChI=1S/C13H14ClN3O2S/c14-11-1-2-13(12(15)9-11)20(18,19)17-8-5-10-3-6-16-7-4-10/h1-4,6-7,9,17H,5,8,15H2. The molecule has 0 saturated heterocycles. The lowest BCUT2D eigenvalue weighted by atomic mass is 10.2. The van der Waals surface area contributed by atoms with E-state index in [1.54, 1.807) is 12.4 Å². The van der Waals surface area contributed by atoms with Gasteiger partial charge in [-0.15, -0.1) is 0 Å². The third-order valence-electron chi connectivity index (χ3n) is 2.72. The molecule has 0 atom stereocenters. The van der Waals surface area contributed by atoms with Gasteiger partial charge in [0.2, 0.25) is 10.0 Å². The Kier molecular flexibility index (Phi) is 4.59. The SMILES string of the molecule is Nc1cc(Cl)ccc1S(=O)(=O)NCCc1ccncc1. The smallest absolute Gasteiger partial charge is 0.242 e. The molecule has 1 aromatic heterocycles. The van der Waals surface area contributed by atoms with Gasteiger partial charge in [0.15, 0.2) is 0 Å². The van der Waals surface area contributed by atoms with E-state index in [-0.39, 0.29) is 17.1 Å². The maximum Gasteiger partial charge on any atom is 0.242 e. The minimum atomic E-state index is -3.63. The van der Waals surface area contributed by atoms with Gasteiger partial charge in [-0.1, -0.05) is 11.6 Å². The average Bonchev–Trinajstić information content (AvgIpc) is 2.39. The van der Waals surface area contributed by atoms with Crippen LogP contribution in [0.3, 0.4) is 0 Å². The van der Waals surface area contributed by atoms with Gasteiger partial charge in [-0.25, -0.2) is 13.1 Å². The van der Waals surface area contributed by atoms with Gasteiger partial charge in [-0.05, 0) is 42.3 Å². The van der Waals surface area contributed by atoms with Crippen LogP contribution in [0.15, 0.2) is 47.6 Å². The summed E-state index contributed by atoms with van der Waals surface area (Å²) in [6.07, 6.45) is 3.91. The number of benzene rings is 1. The van der Waals surface area contributed by atoms with Gasteiger partial charge < -0.3 is 5.73 Å². The van der Waals surface area contributed by atoms with Crippen molar-refractivity contribution in [2.75, 3.05) is 12.3 Å². The van der Waals surface area contributed by atoms with E-state index in [1.165, 1.54) is 18.2 Å². The number of anilines is 1. The molecule has 0 fully saturated rings. The first kappa shape index (κ1) is 14.8. The Balaban J connectivity index is 2.04. The Hall–Kier alpha value is -1.63. The number of pyridine rings is 1. The molecule has 1 aromatic carbocycles. The van der Waals surface area contributed by atoms with Crippen LogP contribution in [0.4, 0.5) is 5.69 Å². The van der Waals surface area contributed by atoms with E-state index in [1.807, 2.05) is 12.1 Å². The quantitative estimate of drug-likeness (QED) is 0.825. The number of halogens is 1. The van der Waals surface area contributed by atoms with Crippen LogP contribution in [0.2, 0.25) is 5.02 Å². The van der Waals surface area contributed by atoms with E-state index >= 15 is 0 Å². The summed E-state index contributed by atoms with van der Waals surface area (Å²) in [5, 5.41) is 0.401. The molecule has 0 aliphatic heterocycles. The van der Waals surface area contributed by atoms with Gasteiger partial charge in [0.05, 0.1) is 5.69 Å². The highest BCUT2D eigenvalue weighted by Crippen LogP contribution is 2.22. The van der Waals surface area contributed by atoms with Gasteiger partial charge in [0, 0.05) is 24.0 Å². The third-order valence-corrected chi connectivity index (χ3v) is 4.49. The lowest BCUT2D eigenvalue weighted by Gasteiger charge is -2.09. The van der Waals surface area contributed by atoms with Gasteiger partial charge >= 0.3 is 0 Å². The molecule has 0 spiro atoms. The molecule has 0 unspecified atom stereocenters. The molecule has 0 amide bonds. The van der Waals surface area contributed by atoms with Gasteiger partial charge in [-0.3, -0.25) is 4.98 Å². The predicted molar refractivity (Wildman–Crippen MR) is 79.0 cm³/mol. The number of nitrogen functional groups attached to an aromatic ring is 1. The fourth-order valence-corrected chi connectivity index (χ4v) is 3.04. The molecule has 0 aliphatic rings. The zero-order chi connectivity index (χ0) is 14.6. The fourth-order valence-electron chi connectivity index (χ4n) is 1.72. The van der Waals surface area contributed by atoms with Crippen molar-refractivity contribution in [3.05, 3.63) is 53.3 Å². The molecule has 5 nitrogen and oxygen atoms in total. The van der Waals surface area contributed by atoms with E-state index in [9.17, 15) is 8.42 Å². The number of rotatable bonds is 5. The van der Waals surface area contributed by atoms with E-state index in [4.69, 9.17) is 17.3 Å². The molecule has 106 valence electrons. The number of nitrogens with zero attached hydrogens (tertiary/aromatic N) is 1. The lowest BCUT2D eigenvalue weighted by molar-refractivity contribution is 0.582. The lowest BCUT2D eigenvalue weighted by Crippen LogP contribution is -2.26. The molecule has 7 heteroatoms. The maximum atomic E-state index is 12.1. The molecule has 0 bridgehead atoms. The van der Waals surface area contributed by atoms with Crippen molar-refractivity contribution in [3.63, 3.8) is 0 Å². The summed E-state index contributed by atoms with van der Waals surface area (Å²) >= 11 is 5.75. The normalized spacial score (nSPS) is 11.4. The van der Waals surface area contributed by atoms with Gasteiger partial charge in [0.1, 0.15) is 4.90 Å². The molecule has 0 aliphatic carbocycles. The summed E-state index contributed by atoms with van der Waals surface area (Å²) in [6, 6.07) is 7.98. The van der Waals surface area contributed by atoms with Gasteiger partial charge in [-0.2, -0.15) is 0 Å². The molecule has 1 heterocycles. The van der Waals surface area contributed by atoms with E-state index in [2.05, 4.69) is 9.71 Å². The average molecular weight is 312 g/mol. The van der Waals surface area contributed by atoms with Gasteiger partial charge in [0.25, 0.3) is 0 Å². The highest BCUT2D eigenvalue weighted by molar-refractivity contribution is 7.89. The summed E-state index contributed by atoms with van der Waals surface area (Å²) in [4.78, 5) is 3.94. The van der Waals surface area contributed by atoms with Crippen LogP contribution < -0.4 is 10.5 Å². The van der Waals surface area contributed by atoms with Crippen LogP contribution >= 0.6 is 11.6 Å². The first-order valence-corrected chi connectivity index (χ1v) is 7.79. The van der Waals surface area contributed by atoms with Crippen LogP contribution in [0.25, 0.3) is 0 Å². The van der Waals surface area contributed by atoms with E-state index < -0.39 is 10.0 Å². The maximum absolute atomic E-state index is 12.1. The first-order valence-electron chi connectivity index (χ1n) is 5.92. The molecule has 0 saturated carbocycles. The van der Waals surface area contributed by atoms with E-state index in [0.717, 1.165) is 5.56 Å². The fraction of sp³-hybridized carbons (Fsp3) is 0.154. The summed E-state index contributed by atoms with van der Waals surface area (Å²) in [5.74, 6) is 0. The first-order chi connectivity index (χ1) is 9.49. The molecule has 20 heavy (non-hydrogen) atoms. The van der Waals surface area contributed by atoms with Crippen LogP contribution in [0.1, 0.15) is 5.56 Å². The highest BCUT2D eigenvalue weighted by Gasteiger charge is 2.16. The Morgan fingerprint density at radius 3 is 2.55 bits per heavy atom. The molecular formula is C13H14ClN3O2S. The number of hydrogen-bond acceptors (Lipinski definition) is 4. The number of sulfonamides is 1. The Morgan fingerprint density at radius 2 is 1.90 bits per heavy atom. The van der Waals surface area contributed by atoms with Crippen LogP contribution in [0, 0.1) is 0 Å². The Labute approximate surface area is 122 Å². The Bertz CT molecular complexity index is 690. The molecular weight excluding hydrogens is 298 g/mol. The zero-order valence-corrected chi connectivity index (χ0v) is 12.2. The van der Waals surface area contributed by atoms with Crippen molar-refractivity contribution in [1.82, 2.24) is 9.71 Å². The Morgan fingerprint density at radius 1 is 1.20 bits per heavy atom. The number of hydrogen-bond donors (Lipinski definition) is 2. The minimum Gasteiger partial charge on any atom is -0.398 e. The topological polar surface area (TPSA) is 85.1 Å². The van der Waals surface area contributed by atoms with Crippen LogP contribution in [-0.4, -0.2) is 19.9 Å².